The summed E-state index contributed by atoms with van der Waals surface area (Å²) in [6.07, 6.45) is 0. The minimum absolute atomic E-state index is 0.0479. The first-order valence-electron chi connectivity index (χ1n) is 5.71. The summed E-state index contributed by atoms with van der Waals surface area (Å²) in [5.74, 6) is -6.08. The monoisotopic (exact) mass is 277 g/mol. The number of hydrogen-bond acceptors (Lipinski definition) is 7. The molecule has 0 spiro atoms. The van der Waals surface area contributed by atoms with Crippen LogP contribution in [0.15, 0.2) is 35.6 Å². The molecule has 1 heterocycles. The molecule has 2 atom stereocenters. The Balaban J connectivity index is 2.32. The number of carboxylic acids is 1. The lowest BCUT2D eigenvalue weighted by molar-refractivity contribution is -0.303. The number of rotatable bonds is 2. The summed E-state index contributed by atoms with van der Waals surface area (Å²) in [6, 6.07) is 5.66. The summed E-state index contributed by atoms with van der Waals surface area (Å²) in [7, 11) is 0. The van der Waals surface area contributed by atoms with Crippen molar-refractivity contribution >= 4 is 11.8 Å². The van der Waals surface area contributed by atoms with Crippen LogP contribution in [0.3, 0.4) is 0 Å². The summed E-state index contributed by atoms with van der Waals surface area (Å²) in [5, 5.41) is 41.3. The molecule has 0 bridgehead atoms. The quantitative estimate of drug-likeness (QED) is 0.559. The van der Waals surface area contributed by atoms with Crippen LogP contribution in [0.2, 0.25) is 0 Å². The van der Waals surface area contributed by atoms with Crippen LogP contribution in [0, 0.1) is 0 Å². The number of aliphatic carboxylic acids is 1. The molecule has 3 rings (SSSR count). The average Bonchev–Trinajstić information content (AvgIpc) is 2.76. The van der Waals surface area contributed by atoms with Crippen molar-refractivity contribution in [2.24, 2.45) is 0 Å². The number of aliphatic hydroxyl groups excluding tert-OH is 1. The van der Waals surface area contributed by atoms with Crippen molar-refractivity contribution in [2.45, 2.75) is 11.4 Å². The molecule has 1 aliphatic carbocycles. The Morgan fingerprint density at radius 1 is 1.30 bits per heavy atom. The van der Waals surface area contributed by atoms with Gasteiger partial charge in [0.2, 0.25) is 11.4 Å². The van der Waals surface area contributed by atoms with Crippen LogP contribution in [0.5, 0.6) is 0 Å². The second kappa shape index (κ2) is 3.66. The maximum atomic E-state index is 12.3. The van der Waals surface area contributed by atoms with Crippen LogP contribution in [0.4, 0.5) is 0 Å². The van der Waals surface area contributed by atoms with Crippen LogP contribution < -0.4 is 5.11 Å². The van der Waals surface area contributed by atoms with E-state index in [1.165, 1.54) is 24.3 Å². The van der Waals surface area contributed by atoms with E-state index >= 15 is 0 Å². The zero-order valence-electron chi connectivity index (χ0n) is 9.99. The zero-order valence-corrected chi connectivity index (χ0v) is 9.99. The van der Waals surface area contributed by atoms with E-state index in [4.69, 9.17) is 9.84 Å². The summed E-state index contributed by atoms with van der Waals surface area (Å²) >= 11 is 0. The number of ether oxygens (including phenoxy) is 1. The Kier molecular flexibility index (Phi) is 2.34. The smallest absolute Gasteiger partial charge is 0.276 e. The number of carboxylic acid groups (broad SMARTS) is 1. The maximum absolute atomic E-state index is 12.3. The molecule has 0 fully saturated rings. The fourth-order valence-electron chi connectivity index (χ4n) is 2.74. The minimum atomic E-state index is -2.83. The average molecular weight is 277 g/mol. The lowest BCUT2D eigenvalue weighted by atomic mass is 9.86. The molecule has 0 radical (unpaired) electrons. The van der Waals surface area contributed by atoms with Crippen LogP contribution in [-0.4, -0.2) is 39.3 Å². The fraction of sp³-hybridized carbons (Fsp3) is 0.231. The number of carbonyl (C=O) groups excluding carboxylic acids is 2. The molecule has 0 saturated carbocycles. The van der Waals surface area contributed by atoms with Gasteiger partial charge in [0.25, 0.3) is 5.79 Å². The van der Waals surface area contributed by atoms with Gasteiger partial charge in [-0.1, -0.05) is 24.3 Å². The Hall–Kier alpha value is -2.22. The Bertz CT molecular complexity index is 677. The van der Waals surface area contributed by atoms with Gasteiger partial charge >= 0.3 is 0 Å². The van der Waals surface area contributed by atoms with Gasteiger partial charge in [0.1, 0.15) is 12.4 Å². The van der Waals surface area contributed by atoms with Crippen LogP contribution in [-0.2, 0) is 15.3 Å². The standard InChI is InChI=1S/C13H10O7/c14-5-8-9(11(16)17)12(18)10(15)6-3-1-2-4-7(6)13(12,19)20-8/h1-4,14,18-19H,5H2,(H,16,17)/p-1/t12-,13+/m1/s1. The molecule has 1 aliphatic heterocycles. The first-order valence-corrected chi connectivity index (χ1v) is 5.71. The van der Waals surface area contributed by atoms with Crippen molar-refractivity contribution in [3.63, 3.8) is 0 Å². The molecule has 0 amide bonds. The highest BCUT2D eigenvalue weighted by molar-refractivity contribution is 6.15. The predicted molar refractivity (Wildman–Crippen MR) is 59.8 cm³/mol. The van der Waals surface area contributed by atoms with Gasteiger partial charge in [-0.15, -0.1) is 0 Å². The molecule has 7 heteroatoms. The SMILES string of the molecule is O=C([O-])C1=C(CO)O[C@@]2(O)c3ccccc3C(=O)[C@]12O. The Morgan fingerprint density at radius 3 is 2.55 bits per heavy atom. The Labute approximate surface area is 112 Å². The van der Waals surface area contributed by atoms with E-state index < -0.39 is 41.1 Å². The number of fused-ring (bicyclic) bond motifs is 3. The van der Waals surface area contributed by atoms with Crippen LogP contribution in [0.1, 0.15) is 15.9 Å². The van der Waals surface area contributed by atoms with Gasteiger partial charge in [0.05, 0.1) is 11.5 Å². The number of ketones is 1. The molecule has 3 N–H and O–H groups in total. The van der Waals surface area contributed by atoms with Crippen molar-refractivity contribution in [1.82, 2.24) is 0 Å². The molecule has 0 aromatic heterocycles. The van der Waals surface area contributed by atoms with E-state index in [0.717, 1.165) is 0 Å². The third-order valence-electron chi connectivity index (χ3n) is 3.62. The van der Waals surface area contributed by atoms with Gasteiger partial charge in [-0.05, 0) is 0 Å². The molecular formula is C13H9O7-. The van der Waals surface area contributed by atoms with Crippen molar-refractivity contribution in [3.05, 3.63) is 46.7 Å². The van der Waals surface area contributed by atoms with Gasteiger partial charge in [-0.2, -0.15) is 0 Å². The van der Waals surface area contributed by atoms with E-state index in [1.54, 1.807) is 0 Å². The highest BCUT2D eigenvalue weighted by atomic mass is 16.7. The third-order valence-corrected chi connectivity index (χ3v) is 3.62. The first-order chi connectivity index (χ1) is 9.38. The summed E-state index contributed by atoms with van der Waals surface area (Å²) in [4.78, 5) is 23.5. The van der Waals surface area contributed by atoms with Gasteiger partial charge in [-0.3, -0.25) is 4.79 Å². The number of hydrogen-bond donors (Lipinski definition) is 3. The van der Waals surface area contributed by atoms with Crippen molar-refractivity contribution in [2.75, 3.05) is 6.61 Å². The molecule has 7 nitrogen and oxygen atoms in total. The third kappa shape index (κ3) is 1.15. The van der Waals surface area contributed by atoms with Crippen molar-refractivity contribution in [1.29, 1.82) is 0 Å². The van der Waals surface area contributed by atoms with Crippen LogP contribution in [0.25, 0.3) is 0 Å². The molecule has 1 aromatic rings. The second-order valence-electron chi connectivity index (χ2n) is 4.57. The Morgan fingerprint density at radius 2 is 1.95 bits per heavy atom. The molecule has 0 unspecified atom stereocenters. The summed E-state index contributed by atoms with van der Waals surface area (Å²) in [5.41, 5.74) is -3.89. The largest absolute Gasteiger partial charge is 0.545 e. The fourth-order valence-corrected chi connectivity index (χ4v) is 2.74. The molecule has 104 valence electrons. The zero-order chi connectivity index (χ0) is 14.7. The van der Waals surface area contributed by atoms with E-state index in [-0.39, 0.29) is 11.1 Å². The summed E-state index contributed by atoms with van der Waals surface area (Å²) < 4.78 is 4.99. The van der Waals surface area contributed by atoms with E-state index in [0.29, 0.717) is 0 Å². The number of aliphatic hydroxyl groups is 3. The molecule has 2 aliphatic rings. The molecule has 0 saturated heterocycles. The molecule has 1 aromatic carbocycles. The normalized spacial score (nSPS) is 31.1. The highest BCUT2D eigenvalue weighted by Crippen LogP contribution is 2.54. The van der Waals surface area contributed by atoms with E-state index in [2.05, 4.69) is 0 Å². The van der Waals surface area contributed by atoms with E-state index in [9.17, 15) is 24.9 Å². The van der Waals surface area contributed by atoms with Crippen LogP contribution >= 0.6 is 0 Å². The number of Topliss-reactive ketones (excluding diaryl/α,β-unsaturated/α-hetero) is 1. The van der Waals surface area contributed by atoms with Gasteiger partial charge in [0, 0.05) is 11.1 Å². The van der Waals surface area contributed by atoms with Gasteiger partial charge in [0.15, 0.2) is 0 Å². The number of carbonyl (C=O) groups is 2. The van der Waals surface area contributed by atoms with Gasteiger partial charge in [-0.25, -0.2) is 0 Å². The lowest BCUT2D eigenvalue weighted by Crippen LogP contribution is -2.54. The topological polar surface area (TPSA) is 127 Å². The number of benzene rings is 1. The lowest BCUT2D eigenvalue weighted by Gasteiger charge is -2.30. The van der Waals surface area contributed by atoms with Crippen molar-refractivity contribution < 1.29 is 34.8 Å². The van der Waals surface area contributed by atoms with E-state index in [1.807, 2.05) is 0 Å². The first kappa shape index (κ1) is 12.8. The molecule has 20 heavy (non-hydrogen) atoms. The maximum Gasteiger partial charge on any atom is 0.276 e. The van der Waals surface area contributed by atoms with Crippen molar-refractivity contribution in [3.8, 4) is 0 Å². The molecular weight excluding hydrogens is 268 g/mol. The van der Waals surface area contributed by atoms with Gasteiger partial charge < -0.3 is 30.0 Å². The predicted octanol–water partition coefficient (Wildman–Crippen LogP) is -2.21. The second-order valence-corrected chi connectivity index (χ2v) is 4.57. The summed E-state index contributed by atoms with van der Waals surface area (Å²) in [6.45, 7) is -0.899. The highest BCUT2D eigenvalue weighted by Gasteiger charge is 2.71. The minimum Gasteiger partial charge on any atom is -0.545 e.